The molecule has 2 heterocycles. The number of halogens is 1. The van der Waals surface area contributed by atoms with E-state index in [1.165, 1.54) is 12.1 Å². The van der Waals surface area contributed by atoms with Gasteiger partial charge in [-0.3, -0.25) is 4.98 Å². The van der Waals surface area contributed by atoms with Crippen molar-refractivity contribution in [1.82, 2.24) is 14.8 Å². The minimum atomic E-state index is -0.229. The largest absolute Gasteiger partial charge is 0.409 e. The van der Waals surface area contributed by atoms with Crippen molar-refractivity contribution in [3.63, 3.8) is 0 Å². The monoisotopic (exact) mass is 331 g/mol. The second kappa shape index (κ2) is 6.80. The molecule has 3 rings (SSSR count). The fourth-order valence-electron chi connectivity index (χ4n) is 2.32. The van der Waals surface area contributed by atoms with Crippen molar-refractivity contribution < 1.29 is 13.7 Å². The second-order valence-electron chi connectivity index (χ2n) is 5.34. The first-order valence-corrected chi connectivity index (χ1v) is 7.57. The van der Waals surface area contributed by atoms with Gasteiger partial charge in [0.1, 0.15) is 12.4 Å². The third-order valence-corrected chi connectivity index (χ3v) is 3.62. The Balaban J connectivity index is 1.73. The number of hydrogen-bond acceptors (Lipinski definition) is 4. The molecule has 0 aliphatic carbocycles. The van der Waals surface area contributed by atoms with Crippen LogP contribution >= 0.6 is 12.2 Å². The fraction of sp³-hybridized carbons (Fsp3) is 0.188. The van der Waals surface area contributed by atoms with Crippen LogP contribution < -0.4 is 4.90 Å². The highest BCUT2D eigenvalue weighted by molar-refractivity contribution is 7.71. The molecule has 7 heteroatoms. The number of hydrogen-bond donors (Lipinski definition) is 1. The maximum atomic E-state index is 13.2. The molecule has 0 radical (unpaired) electrons. The molecular weight excluding hydrogens is 315 g/mol. The van der Waals surface area contributed by atoms with E-state index in [-0.39, 0.29) is 5.82 Å². The van der Waals surface area contributed by atoms with Crippen LogP contribution in [-0.4, -0.2) is 21.8 Å². The van der Waals surface area contributed by atoms with Crippen LogP contribution in [0.2, 0.25) is 0 Å². The zero-order chi connectivity index (χ0) is 16.2. The summed E-state index contributed by atoms with van der Waals surface area (Å²) in [5.74, 6) is 0.217. The zero-order valence-corrected chi connectivity index (χ0v) is 13.4. The first-order valence-electron chi connectivity index (χ1n) is 7.16. The Labute approximate surface area is 138 Å². The first kappa shape index (κ1) is 15.5. The average molecular weight is 331 g/mol. The topological polar surface area (TPSA) is 48.3 Å². The van der Waals surface area contributed by atoms with Crippen molar-refractivity contribution >= 4 is 12.2 Å². The first-order chi connectivity index (χ1) is 11.1. The molecule has 0 spiro atoms. The molecule has 0 aliphatic heterocycles. The maximum Gasteiger partial charge on any atom is 0.292 e. The van der Waals surface area contributed by atoms with Gasteiger partial charge in [-0.2, -0.15) is 4.68 Å². The van der Waals surface area contributed by atoms with Crippen LogP contribution in [0.4, 0.5) is 4.39 Å². The summed E-state index contributed by atoms with van der Waals surface area (Å²) in [5, 5.41) is 4.39. The summed E-state index contributed by atoms with van der Waals surface area (Å²) in [5.41, 5.74) is 1.70. The van der Waals surface area contributed by atoms with E-state index in [4.69, 9.17) is 16.6 Å². The van der Waals surface area contributed by atoms with E-state index in [0.717, 1.165) is 16.0 Å². The zero-order valence-electron chi connectivity index (χ0n) is 12.6. The van der Waals surface area contributed by atoms with Gasteiger partial charge < -0.3 is 9.32 Å². The molecule has 0 saturated heterocycles. The molecule has 2 aromatic heterocycles. The predicted octanol–water partition coefficient (Wildman–Crippen LogP) is 2.08. The van der Waals surface area contributed by atoms with E-state index >= 15 is 0 Å². The van der Waals surface area contributed by atoms with Crippen LogP contribution in [-0.2, 0) is 13.2 Å². The Kier molecular flexibility index (Phi) is 4.59. The SMILES string of the molecule is C[NH+](Cc1cccc(F)c1)Cn1nc(-c2cccnc2)oc1=S. The van der Waals surface area contributed by atoms with Crippen LogP contribution in [0.15, 0.2) is 53.2 Å². The molecule has 0 fully saturated rings. The van der Waals surface area contributed by atoms with Crippen LogP contribution in [0.5, 0.6) is 0 Å². The van der Waals surface area contributed by atoms with Crippen molar-refractivity contribution in [3.05, 3.63) is 65.0 Å². The molecule has 1 unspecified atom stereocenters. The van der Waals surface area contributed by atoms with Gasteiger partial charge in [-0.15, -0.1) is 5.10 Å². The molecule has 118 valence electrons. The second-order valence-corrected chi connectivity index (χ2v) is 5.69. The molecular formula is C16H16FN4OS+. The van der Waals surface area contributed by atoms with Crippen LogP contribution in [0, 0.1) is 10.7 Å². The standard InChI is InChI=1S/C16H15FN4OS/c1-20(10-12-4-2-6-14(17)8-12)11-21-16(23)22-15(19-21)13-5-3-7-18-9-13/h2-9H,10-11H2,1H3/p+1. The number of pyridine rings is 1. The molecule has 0 amide bonds. The number of nitrogens with zero attached hydrogens (tertiary/aromatic N) is 3. The van der Waals surface area contributed by atoms with Gasteiger partial charge in [0.25, 0.3) is 4.84 Å². The number of benzene rings is 1. The summed E-state index contributed by atoms with van der Waals surface area (Å²) in [6, 6.07) is 10.3. The molecule has 3 aromatic rings. The predicted molar refractivity (Wildman–Crippen MR) is 85.5 cm³/mol. The van der Waals surface area contributed by atoms with E-state index in [2.05, 4.69) is 10.1 Å². The lowest BCUT2D eigenvalue weighted by Gasteiger charge is -2.13. The van der Waals surface area contributed by atoms with E-state index in [1.54, 1.807) is 23.1 Å². The number of nitrogens with one attached hydrogen (secondary N) is 1. The highest BCUT2D eigenvalue weighted by atomic mass is 32.1. The Bertz CT molecular complexity index is 847. The van der Waals surface area contributed by atoms with Gasteiger partial charge in [0, 0.05) is 18.0 Å². The van der Waals surface area contributed by atoms with Gasteiger partial charge in [0.05, 0.1) is 12.6 Å². The van der Waals surface area contributed by atoms with E-state index in [0.29, 0.717) is 23.9 Å². The molecule has 0 aliphatic rings. The molecule has 1 N–H and O–H groups in total. The molecule has 1 atom stereocenters. The normalized spacial score (nSPS) is 12.3. The highest BCUT2D eigenvalue weighted by Gasteiger charge is 2.12. The minimum Gasteiger partial charge on any atom is -0.409 e. The van der Waals surface area contributed by atoms with Crippen LogP contribution in [0.3, 0.4) is 0 Å². The quantitative estimate of drug-likeness (QED) is 0.727. The highest BCUT2D eigenvalue weighted by Crippen LogP contribution is 2.15. The van der Waals surface area contributed by atoms with Gasteiger partial charge in [-0.25, -0.2) is 4.39 Å². The summed E-state index contributed by atoms with van der Waals surface area (Å²) in [6.07, 6.45) is 3.36. The Morgan fingerprint density at radius 2 is 2.17 bits per heavy atom. The minimum absolute atomic E-state index is 0.229. The van der Waals surface area contributed by atoms with Gasteiger partial charge in [-0.1, -0.05) is 12.1 Å². The smallest absolute Gasteiger partial charge is 0.292 e. The Morgan fingerprint density at radius 3 is 2.91 bits per heavy atom. The molecule has 1 aromatic carbocycles. The molecule has 0 saturated carbocycles. The molecule has 23 heavy (non-hydrogen) atoms. The van der Waals surface area contributed by atoms with Crippen LogP contribution in [0.25, 0.3) is 11.5 Å². The van der Waals surface area contributed by atoms with E-state index < -0.39 is 0 Å². The average Bonchev–Trinajstić information content (AvgIpc) is 2.89. The number of quaternary nitrogens is 1. The summed E-state index contributed by atoms with van der Waals surface area (Å²) in [6.45, 7) is 1.19. The van der Waals surface area contributed by atoms with Gasteiger partial charge in [0.15, 0.2) is 6.67 Å². The maximum absolute atomic E-state index is 13.2. The lowest BCUT2D eigenvalue weighted by Crippen LogP contribution is -3.07. The van der Waals surface area contributed by atoms with Gasteiger partial charge >= 0.3 is 0 Å². The van der Waals surface area contributed by atoms with Crippen molar-refractivity contribution in [2.45, 2.75) is 13.2 Å². The third-order valence-electron chi connectivity index (χ3n) is 3.33. The van der Waals surface area contributed by atoms with E-state index in [1.807, 2.05) is 25.2 Å². The lowest BCUT2D eigenvalue weighted by atomic mass is 10.2. The lowest BCUT2D eigenvalue weighted by molar-refractivity contribution is -0.917. The van der Waals surface area contributed by atoms with Crippen molar-refractivity contribution in [2.24, 2.45) is 0 Å². The van der Waals surface area contributed by atoms with E-state index in [9.17, 15) is 4.39 Å². The van der Waals surface area contributed by atoms with Crippen molar-refractivity contribution in [3.8, 4) is 11.5 Å². The summed E-state index contributed by atoms with van der Waals surface area (Å²) in [4.78, 5) is 5.46. The number of rotatable bonds is 5. The summed E-state index contributed by atoms with van der Waals surface area (Å²) >= 11 is 5.22. The summed E-state index contributed by atoms with van der Waals surface area (Å²) < 4.78 is 20.4. The fourth-order valence-corrected chi connectivity index (χ4v) is 2.50. The number of aromatic nitrogens is 3. The third kappa shape index (κ3) is 3.88. The van der Waals surface area contributed by atoms with Gasteiger partial charge in [-0.05, 0) is 36.5 Å². The molecule has 0 bridgehead atoms. The van der Waals surface area contributed by atoms with Gasteiger partial charge in [0.2, 0.25) is 5.89 Å². The van der Waals surface area contributed by atoms with Crippen molar-refractivity contribution in [2.75, 3.05) is 7.05 Å². The molecule has 5 nitrogen and oxygen atoms in total. The Hall–Kier alpha value is -2.38. The van der Waals surface area contributed by atoms with Crippen LogP contribution in [0.1, 0.15) is 5.56 Å². The van der Waals surface area contributed by atoms with Crippen molar-refractivity contribution in [1.29, 1.82) is 0 Å². The summed E-state index contributed by atoms with van der Waals surface area (Å²) in [7, 11) is 1.99. The Morgan fingerprint density at radius 1 is 1.30 bits per heavy atom.